The van der Waals surface area contributed by atoms with E-state index in [1.54, 1.807) is 12.1 Å². The molecular formula is C19H25NO4S. The molecule has 0 bridgehead atoms. The van der Waals surface area contributed by atoms with Crippen LogP contribution in [0.5, 0.6) is 5.75 Å². The van der Waals surface area contributed by atoms with Gasteiger partial charge in [-0.2, -0.15) is 0 Å². The van der Waals surface area contributed by atoms with Crippen LogP contribution in [0.15, 0.2) is 47.4 Å². The van der Waals surface area contributed by atoms with Crippen molar-refractivity contribution in [3.05, 3.63) is 59.2 Å². The topological polar surface area (TPSA) is 75.6 Å². The van der Waals surface area contributed by atoms with Gasteiger partial charge in [-0.1, -0.05) is 30.3 Å². The van der Waals surface area contributed by atoms with Gasteiger partial charge in [0.2, 0.25) is 10.0 Å². The Balaban J connectivity index is 2.06. The van der Waals surface area contributed by atoms with Gasteiger partial charge in [-0.05, 0) is 56.0 Å². The van der Waals surface area contributed by atoms with Crippen LogP contribution in [0.1, 0.15) is 23.6 Å². The molecule has 0 radical (unpaired) electrons. The minimum Gasteiger partial charge on any atom is -0.493 e. The quantitative estimate of drug-likeness (QED) is 0.756. The van der Waals surface area contributed by atoms with Gasteiger partial charge in [0.1, 0.15) is 5.75 Å². The van der Waals surface area contributed by atoms with E-state index in [0.717, 1.165) is 16.7 Å². The van der Waals surface area contributed by atoms with Crippen LogP contribution in [0.4, 0.5) is 0 Å². The van der Waals surface area contributed by atoms with Gasteiger partial charge in [-0.25, -0.2) is 13.1 Å². The molecule has 0 aliphatic carbocycles. The van der Waals surface area contributed by atoms with E-state index < -0.39 is 16.1 Å². The van der Waals surface area contributed by atoms with Gasteiger partial charge in [0.25, 0.3) is 0 Å². The molecule has 5 nitrogen and oxygen atoms in total. The van der Waals surface area contributed by atoms with Crippen LogP contribution < -0.4 is 9.46 Å². The third kappa shape index (κ3) is 5.29. The molecule has 0 aliphatic heterocycles. The number of hydrogen-bond acceptors (Lipinski definition) is 4. The number of ether oxygens (including phenoxy) is 1. The van der Waals surface area contributed by atoms with Crippen molar-refractivity contribution in [3.63, 3.8) is 0 Å². The fourth-order valence-corrected chi connectivity index (χ4v) is 3.93. The van der Waals surface area contributed by atoms with Crippen molar-refractivity contribution in [3.8, 4) is 5.75 Å². The molecule has 6 heteroatoms. The fourth-order valence-electron chi connectivity index (χ4n) is 2.69. The normalized spacial score (nSPS) is 12.8. The van der Waals surface area contributed by atoms with Gasteiger partial charge in [0, 0.05) is 6.54 Å². The van der Waals surface area contributed by atoms with E-state index in [4.69, 9.17) is 4.74 Å². The van der Waals surface area contributed by atoms with Gasteiger partial charge < -0.3 is 9.84 Å². The van der Waals surface area contributed by atoms with Crippen LogP contribution in [0.3, 0.4) is 0 Å². The summed E-state index contributed by atoms with van der Waals surface area (Å²) in [5, 5.41) is 10.1. The molecule has 25 heavy (non-hydrogen) atoms. The van der Waals surface area contributed by atoms with Crippen molar-refractivity contribution in [2.45, 2.75) is 38.2 Å². The summed E-state index contributed by atoms with van der Waals surface area (Å²) < 4.78 is 33.0. The first-order chi connectivity index (χ1) is 11.8. The second-order valence-electron chi connectivity index (χ2n) is 6.01. The minimum atomic E-state index is -3.69. The molecule has 2 N–H and O–H groups in total. The summed E-state index contributed by atoms with van der Waals surface area (Å²) in [5.74, 6) is 0.713. The Kier molecular flexibility index (Phi) is 6.58. The van der Waals surface area contributed by atoms with E-state index in [2.05, 4.69) is 4.72 Å². The predicted molar refractivity (Wildman–Crippen MR) is 98.4 cm³/mol. The van der Waals surface area contributed by atoms with Gasteiger partial charge in [0.15, 0.2) is 0 Å². The maximum atomic E-state index is 12.5. The lowest BCUT2D eigenvalue weighted by atomic mass is 10.1. The van der Waals surface area contributed by atoms with Crippen molar-refractivity contribution >= 4 is 10.0 Å². The average Bonchev–Trinajstić information content (AvgIpc) is 2.57. The third-order valence-corrected chi connectivity index (χ3v) is 5.26. The van der Waals surface area contributed by atoms with Crippen molar-refractivity contribution < 1.29 is 18.3 Å². The van der Waals surface area contributed by atoms with Gasteiger partial charge >= 0.3 is 0 Å². The summed E-state index contributed by atoms with van der Waals surface area (Å²) >= 11 is 0. The number of aliphatic hydroxyl groups excluding tert-OH is 1. The average molecular weight is 363 g/mol. The summed E-state index contributed by atoms with van der Waals surface area (Å²) in [7, 11) is -3.69. The standard InChI is InChI=1S/C19H25NO4S/c1-4-24-19-14(2)10-18(11-15(19)3)25(22,23)20-13-17(21)12-16-8-6-5-7-9-16/h5-11,17,20-21H,4,12-13H2,1-3H3. The molecule has 0 aliphatic rings. The van der Waals surface area contributed by atoms with Crippen molar-refractivity contribution in [2.24, 2.45) is 0 Å². The molecule has 0 heterocycles. The van der Waals surface area contributed by atoms with E-state index in [-0.39, 0.29) is 11.4 Å². The summed E-state index contributed by atoms with van der Waals surface area (Å²) in [6.45, 7) is 6.02. The minimum absolute atomic E-state index is 0.0392. The highest BCUT2D eigenvalue weighted by Gasteiger charge is 2.19. The lowest BCUT2D eigenvalue weighted by Gasteiger charge is -2.15. The number of sulfonamides is 1. The van der Waals surface area contributed by atoms with Crippen LogP contribution in [-0.4, -0.2) is 32.8 Å². The number of benzene rings is 2. The first-order valence-corrected chi connectivity index (χ1v) is 9.77. The Labute approximate surface area is 149 Å². The third-order valence-electron chi connectivity index (χ3n) is 3.86. The smallest absolute Gasteiger partial charge is 0.240 e. The maximum Gasteiger partial charge on any atom is 0.240 e. The van der Waals surface area contributed by atoms with E-state index in [1.807, 2.05) is 51.1 Å². The van der Waals surface area contributed by atoms with Crippen molar-refractivity contribution in [1.82, 2.24) is 4.72 Å². The fraction of sp³-hybridized carbons (Fsp3) is 0.368. The number of rotatable bonds is 8. The molecule has 1 atom stereocenters. The molecule has 0 aromatic heterocycles. The largest absolute Gasteiger partial charge is 0.493 e. The number of aliphatic hydroxyl groups is 1. The van der Waals surface area contributed by atoms with Gasteiger partial charge in [0.05, 0.1) is 17.6 Å². The molecule has 2 aromatic rings. The van der Waals surface area contributed by atoms with Gasteiger partial charge in [-0.15, -0.1) is 0 Å². The number of nitrogens with one attached hydrogen (secondary N) is 1. The molecular weight excluding hydrogens is 338 g/mol. The lowest BCUT2D eigenvalue weighted by molar-refractivity contribution is 0.179. The van der Waals surface area contributed by atoms with E-state index in [9.17, 15) is 13.5 Å². The summed E-state index contributed by atoms with van der Waals surface area (Å²) in [4.78, 5) is 0.179. The molecule has 0 saturated carbocycles. The van der Waals surface area contributed by atoms with Gasteiger partial charge in [-0.3, -0.25) is 0 Å². The molecule has 0 fully saturated rings. The molecule has 136 valence electrons. The van der Waals surface area contributed by atoms with Crippen molar-refractivity contribution in [1.29, 1.82) is 0 Å². The predicted octanol–water partition coefficient (Wildman–Crippen LogP) is 2.58. The first-order valence-electron chi connectivity index (χ1n) is 8.29. The zero-order valence-corrected chi connectivity index (χ0v) is 15.6. The Morgan fingerprint density at radius 3 is 2.28 bits per heavy atom. The summed E-state index contributed by atoms with van der Waals surface area (Å²) in [5.41, 5.74) is 2.50. The van der Waals surface area contributed by atoms with Crippen LogP contribution in [0.2, 0.25) is 0 Å². The molecule has 0 amide bonds. The second-order valence-corrected chi connectivity index (χ2v) is 7.78. The van der Waals surface area contributed by atoms with Crippen LogP contribution in [-0.2, 0) is 16.4 Å². The number of hydrogen-bond donors (Lipinski definition) is 2. The highest BCUT2D eigenvalue weighted by molar-refractivity contribution is 7.89. The molecule has 0 saturated heterocycles. The van der Waals surface area contributed by atoms with Crippen LogP contribution in [0, 0.1) is 13.8 Å². The summed E-state index contributed by atoms with van der Waals surface area (Å²) in [6, 6.07) is 12.6. The Morgan fingerprint density at radius 2 is 1.72 bits per heavy atom. The zero-order valence-electron chi connectivity index (χ0n) is 14.8. The van der Waals surface area contributed by atoms with Crippen molar-refractivity contribution in [2.75, 3.05) is 13.2 Å². The highest BCUT2D eigenvalue weighted by Crippen LogP contribution is 2.26. The molecule has 0 spiro atoms. The summed E-state index contributed by atoms with van der Waals surface area (Å²) in [6.07, 6.45) is -0.396. The Morgan fingerprint density at radius 1 is 1.12 bits per heavy atom. The Bertz CT molecular complexity index is 780. The van der Waals surface area contributed by atoms with Crippen LogP contribution >= 0.6 is 0 Å². The lowest BCUT2D eigenvalue weighted by Crippen LogP contribution is -2.33. The van der Waals surface area contributed by atoms with E-state index in [1.165, 1.54) is 0 Å². The molecule has 1 unspecified atom stereocenters. The highest BCUT2D eigenvalue weighted by atomic mass is 32.2. The second kappa shape index (κ2) is 8.47. The maximum absolute atomic E-state index is 12.5. The molecule has 2 rings (SSSR count). The van der Waals surface area contributed by atoms with E-state index in [0.29, 0.717) is 18.8 Å². The Hall–Kier alpha value is -1.89. The zero-order chi connectivity index (χ0) is 18.4. The van der Waals surface area contributed by atoms with E-state index >= 15 is 0 Å². The number of aryl methyl sites for hydroxylation is 2. The SMILES string of the molecule is CCOc1c(C)cc(S(=O)(=O)NCC(O)Cc2ccccc2)cc1C. The first kappa shape index (κ1) is 19.4. The monoisotopic (exact) mass is 363 g/mol. The molecule has 2 aromatic carbocycles. The van der Waals surface area contributed by atoms with Crippen LogP contribution in [0.25, 0.3) is 0 Å².